The number of rotatable bonds is 3. The van der Waals surface area contributed by atoms with E-state index in [4.69, 9.17) is 9.84 Å². The standard InChI is InChI=1S/C27H36FN5O3/c1-27(2,3)20-14-29-33(15-20)25(18-4-6-21(28)7-5-18)19-8-11-31(12-9-19)26(35)32-13-10-23-22(16-32)30-24(34)17-36-23/h4-7,14-15,19,22-23,25H,8-13,16-17H2,1-3H3,(H,30,34). The van der Waals surface area contributed by atoms with E-state index in [9.17, 15) is 14.0 Å². The highest BCUT2D eigenvalue weighted by Crippen LogP contribution is 2.35. The van der Waals surface area contributed by atoms with E-state index in [1.54, 1.807) is 0 Å². The van der Waals surface area contributed by atoms with Gasteiger partial charge in [-0.2, -0.15) is 5.10 Å². The Morgan fingerprint density at radius 2 is 1.81 bits per heavy atom. The fraction of sp³-hybridized carbons (Fsp3) is 0.593. The zero-order valence-corrected chi connectivity index (χ0v) is 21.3. The van der Waals surface area contributed by atoms with Crippen molar-refractivity contribution in [3.05, 3.63) is 53.6 Å². The van der Waals surface area contributed by atoms with Crippen LogP contribution in [-0.4, -0.2) is 76.5 Å². The monoisotopic (exact) mass is 497 g/mol. The second kappa shape index (κ2) is 9.84. The van der Waals surface area contributed by atoms with Gasteiger partial charge >= 0.3 is 6.03 Å². The average Bonchev–Trinajstić information content (AvgIpc) is 3.35. The normalized spacial score (nSPS) is 24.3. The molecule has 1 aromatic carbocycles. The molecule has 3 aliphatic rings. The van der Waals surface area contributed by atoms with Crippen LogP contribution in [0, 0.1) is 11.7 Å². The molecule has 3 amide bonds. The Kier molecular flexibility index (Phi) is 6.76. The predicted octanol–water partition coefficient (Wildman–Crippen LogP) is 3.33. The summed E-state index contributed by atoms with van der Waals surface area (Å²) in [5.41, 5.74) is 2.17. The molecule has 1 N–H and O–H groups in total. The van der Waals surface area contributed by atoms with Gasteiger partial charge < -0.3 is 19.9 Å². The molecule has 0 aliphatic carbocycles. The van der Waals surface area contributed by atoms with Crippen LogP contribution >= 0.6 is 0 Å². The van der Waals surface area contributed by atoms with Crippen LogP contribution in [0.4, 0.5) is 9.18 Å². The number of amides is 3. The molecule has 8 nitrogen and oxygen atoms in total. The summed E-state index contributed by atoms with van der Waals surface area (Å²) in [6, 6.07) is 6.57. The quantitative estimate of drug-likeness (QED) is 0.706. The van der Waals surface area contributed by atoms with E-state index in [1.807, 2.05) is 32.8 Å². The molecular formula is C27H36FN5O3. The first kappa shape index (κ1) is 24.7. The lowest BCUT2D eigenvalue weighted by Gasteiger charge is -2.44. The number of ether oxygens (including phenoxy) is 1. The summed E-state index contributed by atoms with van der Waals surface area (Å²) in [7, 11) is 0. The number of fused-ring (bicyclic) bond motifs is 1. The molecular weight excluding hydrogens is 461 g/mol. The Hall–Kier alpha value is -2.94. The summed E-state index contributed by atoms with van der Waals surface area (Å²) in [4.78, 5) is 28.8. The molecule has 3 unspecified atom stereocenters. The van der Waals surface area contributed by atoms with Crippen LogP contribution < -0.4 is 5.32 Å². The summed E-state index contributed by atoms with van der Waals surface area (Å²) in [5.74, 6) is -0.104. The predicted molar refractivity (Wildman–Crippen MR) is 133 cm³/mol. The number of hydrogen-bond acceptors (Lipinski definition) is 4. The second-order valence-corrected chi connectivity index (χ2v) is 11.3. The number of nitrogens with zero attached hydrogens (tertiary/aromatic N) is 4. The number of carbonyl (C=O) groups excluding carboxylic acids is 2. The van der Waals surface area contributed by atoms with E-state index >= 15 is 0 Å². The molecule has 4 heterocycles. The van der Waals surface area contributed by atoms with E-state index in [0.717, 1.165) is 30.4 Å². The van der Waals surface area contributed by atoms with Crippen molar-refractivity contribution < 1.29 is 18.7 Å². The van der Waals surface area contributed by atoms with Crippen molar-refractivity contribution in [1.29, 1.82) is 0 Å². The summed E-state index contributed by atoms with van der Waals surface area (Å²) in [6.07, 6.45) is 6.41. The highest BCUT2D eigenvalue weighted by Gasteiger charge is 2.39. The first-order valence-electron chi connectivity index (χ1n) is 12.9. The Bertz CT molecular complexity index is 1090. The lowest BCUT2D eigenvalue weighted by Crippen LogP contribution is -2.62. The van der Waals surface area contributed by atoms with Gasteiger partial charge in [0.05, 0.1) is 24.4 Å². The summed E-state index contributed by atoms with van der Waals surface area (Å²) in [5, 5.41) is 7.68. The van der Waals surface area contributed by atoms with Crippen molar-refractivity contribution in [2.24, 2.45) is 5.92 Å². The number of halogens is 1. The van der Waals surface area contributed by atoms with Crippen molar-refractivity contribution in [3.8, 4) is 0 Å². The molecule has 194 valence electrons. The van der Waals surface area contributed by atoms with Gasteiger partial charge in [0.1, 0.15) is 12.4 Å². The molecule has 3 fully saturated rings. The molecule has 0 bridgehead atoms. The van der Waals surface area contributed by atoms with Gasteiger partial charge in [-0.05, 0) is 53.9 Å². The highest BCUT2D eigenvalue weighted by atomic mass is 19.1. The van der Waals surface area contributed by atoms with Gasteiger partial charge in [0.25, 0.3) is 0 Å². The van der Waals surface area contributed by atoms with Gasteiger partial charge in [-0.3, -0.25) is 9.48 Å². The Morgan fingerprint density at radius 3 is 2.47 bits per heavy atom. The maximum absolute atomic E-state index is 13.7. The van der Waals surface area contributed by atoms with Gasteiger partial charge in [-0.1, -0.05) is 32.9 Å². The van der Waals surface area contributed by atoms with E-state index in [1.165, 1.54) is 12.1 Å². The molecule has 3 atom stereocenters. The van der Waals surface area contributed by atoms with Crippen molar-refractivity contribution in [3.63, 3.8) is 0 Å². The summed E-state index contributed by atoms with van der Waals surface area (Å²) in [6.45, 7) is 9.03. The van der Waals surface area contributed by atoms with Gasteiger partial charge in [0, 0.05) is 32.4 Å². The topological polar surface area (TPSA) is 79.7 Å². The molecule has 0 radical (unpaired) electrons. The zero-order chi connectivity index (χ0) is 25.4. The molecule has 3 aliphatic heterocycles. The Labute approximate surface area is 211 Å². The molecule has 1 aromatic heterocycles. The van der Waals surface area contributed by atoms with Crippen LogP contribution in [0.2, 0.25) is 0 Å². The van der Waals surface area contributed by atoms with Crippen LogP contribution in [0.25, 0.3) is 0 Å². The first-order valence-corrected chi connectivity index (χ1v) is 12.9. The second-order valence-electron chi connectivity index (χ2n) is 11.3. The van der Waals surface area contributed by atoms with E-state index in [2.05, 4.69) is 32.3 Å². The fourth-order valence-electron chi connectivity index (χ4n) is 5.66. The smallest absolute Gasteiger partial charge is 0.320 e. The number of benzene rings is 1. The highest BCUT2D eigenvalue weighted by molar-refractivity contribution is 5.79. The molecule has 0 spiro atoms. The lowest BCUT2D eigenvalue weighted by molar-refractivity contribution is -0.139. The first-order chi connectivity index (χ1) is 17.2. The maximum Gasteiger partial charge on any atom is 0.320 e. The van der Waals surface area contributed by atoms with Gasteiger partial charge in [0.2, 0.25) is 5.91 Å². The van der Waals surface area contributed by atoms with Gasteiger partial charge in [-0.25, -0.2) is 9.18 Å². The number of urea groups is 1. The molecule has 0 saturated carbocycles. The fourth-order valence-corrected chi connectivity index (χ4v) is 5.66. The third-order valence-corrected chi connectivity index (χ3v) is 7.82. The zero-order valence-electron chi connectivity index (χ0n) is 21.3. The number of aromatic nitrogens is 2. The van der Waals surface area contributed by atoms with Crippen molar-refractivity contribution >= 4 is 11.9 Å². The summed E-state index contributed by atoms with van der Waals surface area (Å²) < 4.78 is 21.3. The van der Waals surface area contributed by atoms with E-state index < -0.39 is 0 Å². The minimum atomic E-state index is -0.253. The number of carbonyl (C=O) groups is 2. The molecule has 2 aromatic rings. The number of likely N-dealkylation sites (tertiary alicyclic amines) is 2. The van der Waals surface area contributed by atoms with E-state index in [0.29, 0.717) is 26.2 Å². The maximum atomic E-state index is 13.7. The van der Waals surface area contributed by atoms with Gasteiger partial charge in [-0.15, -0.1) is 0 Å². The summed E-state index contributed by atoms with van der Waals surface area (Å²) >= 11 is 0. The number of morpholine rings is 1. The van der Waals surface area contributed by atoms with Crippen molar-refractivity contribution in [1.82, 2.24) is 24.9 Å². The minimum absolute atomic E-state index is 0.0130. The molecule has 5 rings (SSSR count). The van der Waals surface area contributed by atoms with Crippen molar-refractivity contribution in [2.45, 2.75) is 63.6 Å². The van der Waals surface area contributed by atoms with Crippen LogP contribution in [0.1, 0.15) is 57.2 Å². The van der Waals surface area contributed by atoms with Crippen LogP contribution in [-0.2, 0) is 14.9 Å². The largest absolute Gasteiger partial charge is 0.366 e. The lowest BCUT2D eigenvalue weighted by atomic mass is 9.85. The minimum Gasteiger partial charge on any atom is -0.366 e. The molecule has 9 heteroatoms. The number of piperidine rings is 2. The molecule has 3 saturated heterocycles. The third-order valence-electron chi connectivity index (χ3n) is 7.82. The van der Waals surface area contributed by atoms with Crippen LogP contribution in [0.15, 0.2) is 36.7 Å². The Morgan fingerprint density at radius 1 is 1.11 bits per heavy atom. The number of hydrogen-bond donors (Lipinski definition) is 1. The van der Waals surface area contributed by atoms with Gasteiger partial charge in [0.15, 0.2) is 0 Å². The van der Waals surface area contributed by atoms with Crippen LogP contribution in [0.3, 0.4) is 0 Å². The third kappa shape index (κ3) is 5.12. The molecule has 36 heavy (non-hydrogen) atoms. The average molecular weight is 498 g/mol. The van der Waals surface area contributed by atoms with Crippen molar-refractivity contribution in [2.75, 3.05) is 32.8 Å². The van der Waals surface area contributed by atoms with E-state index in [-0.39, 0.29) is 53.9 Å². The van der Waals surface area contributed by atoms with Crippen LogP contribution in [0.5, 0.6) is 0 Å². The number of nitrogens with one attached hydrogen (secondary N) is 1. The Balaban J connectivity index is 1.27. The SMILES string of the molecule is CC(C)(C)c1cnn(C(c2ccc(F)cc2)C2CCN(C(=O)N3CCC4OCC(=O)NC4C3)CC2)c1.